The van der Waals surface area contributed by atoms with Crippen molar-refractivity contribution in [3.05, 3.63) is 45.4 Å². The molecular formula is C17H22N2OS2. The van der Waals surface area contributed by atoms with Gasteiger partial charge in [0.25, 0.3) is 5.91 Å². The van der Waals surface area contributed by atoms with Gasteiger partial charge in [-0.25, -0.2) is 4.98 Å². The van der Waals surface area contributed by atoms with E-state index >= 15 is 0 Å². The number of amides is 1. The number of thioether (sulfide) groups is 1. The number of carbonyl (C=O) groups excluding carboxylic acids is 1. The molecule has 0 radical (unpaired) electrons. The Bertz CT molecular complexity index is 633. The number of hydrogen-bond acceptors (Lipinski definition) is 4. The Morgan fingerprint density at radius 3 is 2.59 bits per heavy atom. The molecule has 2 aromatic rings. The first-order valence-corrected chi connectivity index (χ1v) is 9.41. The van der Waals surface area contributed by atoms with E-state index in [0.29, 0.717) is 12.5 Å². The summed E-state index contributed by atoms with van der Waals surface area (Å²) in [6.07, 6.45) is 2.98. The molecule has 1 amide bonds. The van der Waals surface area contributed by atoms with E-state index in [2.05, 4.69) is 54.7 Å². The zero-order valence-electron chi connectivity index (χ0n) is 13.5. The summed E-state index contributed by atoms with van der Waals surface area (Å²) in [6.45, 7) is 6.77. The van der Waals surface area contributed by atoms with Gasteiger partial charge in [-0.3, -0.25) is 4.79 Å². The van der Waals surface area contributed by atoms with Crippen LogP contribution in [0.1, 0.15) is 39.8 Å². The minimum atomic E-state index is -0.0288. The summed E-state index contributed by atoms with van der Waals surface area (Å²) in [5.41, 5.74) is 1.94. The summed E-state index contributed by atoms with van der Waals surface area (Å²) in [5.74, 6) is 0.523. The Morgan fingerprint density at radius 2 is 2.00 bits per heavy atom. The van der Waals surface area contributed by atoms with Gasteiger partial charge >= 0.3 is 0 Å². The second-order valence-corrected chi connectivity index (χ2v) is 7.61. The number of thiazole rings is 1. The summed E-state index contributed by atoms with van der Waals surface area (Å²) in [6, 6.07) is 8.25. The first kappa shape index (κ1) is 17.0. The second kappa shape index (κ2) is 7.79. The van der Waals surface area contributed by atoms with Crippen molar-refractivity contribution in [3.63, 3.8) is 0 Å². The Kier molecular flexibility index (Phi) is 6.03. The fourth-order valence-corrected chi connectivity index (χ4v) is 3.71. The minimum Gasteiger partial charge on any atom is -0.347 e. The van der Waals surface area contributed by atoms with Gasteiger partial charge in [0.2, 0.25) is 0 Å². The third-order valence-corrected chi connectivity index (χ3v) is 5.16. The van der Waals surface area contributed by atoms with Gasteiger partial charge < -0.3 is 5.32 Å². The molecular weight excluding hydrogens is 312 g/mol. The van der Waals surface area contributed by atoms with Crippen LogP contribution in [0.25, 0.3) is 0 Å². The molecule has 1 aromatic carbocycles. The van der Waals surface area contributed by atoms with E-state index in [1.54, 1.807) is 11.8 Å². The fourth-order valence-electron chi connectivity index (χ4n) is 2.11. The van der Waals surface area contributed by atoms with Crippen LogP contribution in [0.4, 0.5) is 0 Å². The molecule has 2 rings (SSSR count). The van der Waals surface area contributed by atoms with Gasteiger partial charge in [-0.15, -0.1) is 23.1 Å². The minimum absolute atomic E-state index is 0.0288. The number of aromatic nitrogens is 1. The van der Waals surface area contributed by atoms with E-state index in [1.807, 2.05) is 6.92 Å². The van der Waals surface area contributed by atoms with Crippen molar-refractivity contribution in [2.24, 2.45) is 5.92 Å². The summed E-state index contributed by atoms with van der Waals surface area (Å²) in [5, 5.41) is 4.03. The van der Waals surface area contributed by atoms with Crippen molar-refractivity contribution < 1.29 is 4.79 Å². The van der Waals surface area contributed by atoms with Crippen LogP contribution >= 0.6 is 23.1 Å². The highest BCUT2D eigenvalue weighted by molar-refractivity contribution is 7.98. The standard InChI is InChI=1S/C17H22N2OS2/c1-11(2)9-15-19-12(3)16(22-15)17(20)18-10-13-5-7-14(21-4)8-6-13/h5-8,11H,9-10H2,1-4H3,(H,18,20). The van der Waals surface area contributed by atoms with Crippen LogP contribution in [0.2, 0.25) is 0 Å². The number of nitrogens with zero attached hydrogens (tertiary/aromatic N) is 1. The maximum Gasteiger partial charge on any atom is 0.263 e. The maximum absolute atomic E-state index is 12.3. The normalized spacial score (nSPS) is 11.0. The molecule has 0 bridgehead atoms. The van der Waals surface area contributed by atoms with Crippen LogP contribution in [0.15, 0.2) is 29.2 Å². The van der Waals surface area contributed by atoms with Gasteiger partial charge in [-0.1, -0.05) is 26.0 Å². The molecule has 0 aliphatic heterocycles. The fraction of sp³-hybridized carbons (Fsp3) is 0.412. The summed E-state index contributed by atoms with van der Waals surface area (Å²) < 4.78 is 0. The van der Waals surface area contributed by atoms with Gasteiger partial charge in [0.05, 0.1) is 10.7 Å². The topological polar surface area (TPSA) is 42.0 Å². The van der Waals surface area contributed by atoms with Crippen molar-refractivity contribution >= 4 is 29.0 Å². The summed E-state index contributed by atoms with van der Waals surface area (Å²) in [7, 11) is 0. The molecule has 0 saturated carbocycles. The van der Waals surface area contributed by atoms with Crippen molar-refractivity contribution in [2.45, 2.75) is 38.6 Å². The van der Waals surface area contributed by atoms with E-state index in [0.717, 1.165) is 27.6 Å². The zero-order valence-corrected chi connectivity index (χ0v) is 15.1. The predicted molar refractivity (Wildman–Crippen MR) is 94.8 cm³/mol. The molecule has 118 valence electrons. The van der Waals surface area contributed by atoms with Gasteiger partial charge in [0.15, 0.2) is 0 Å². The van der Waals surface area contributed by atoms with Gasteiger partial charge in [0.1, 0.15) is 4.88 Å². The summed E-state index contributed by atoms with van der Waals surface area (Å²) in [4.78, 5) is 18.8. The molecule has 0 aliphatic rings. The van der Waals surface area contributed by atoms with Crippen LogP contribution in [-0.2, 0) is 13.0 Å². The largest absolute Gasteiger partial charge is 0.347 e. The van der Waals surface area contributed by atoms with E-state index in [4.69, 9.17) is 0 Å². The molecule has 0 fully saturated rings. The second-order valence-electron chi connectivity index (χ2n) is 5.65. The lowest BCUT2D eigenvalue weighted by Crippen LogP contribution is -2.22. The number of aryl methyl sites for hydroxylation is 1. The average Bonchev–Trinajstić information content (AvgIpc) is 2.85. The van der Waals surface area contributed by atoms with E-state index < -0.39 is 0 Å². The van der Waals surface area contributed by atoms with Gasteiger partial charge in [0, 0.05) is 17.9 Å². The Labute approximate surface area is 140 Å². The molecule has 0 aliphatic carbocycles. The average molecular weight is 335 g/mol. The highest BCUT2D eigenvalue weighted by atomic mass is 32.2. The molecule has 0 unspecified atom stereocenters. The molecule has 1 heterocycles. The third-order valence-electron chi connectivity index (χ3n) is 3.24. The lowest BCUT2D eigenvalue weighted by atomic mass is 10.1. The molecule has 5 heteroatoms. The number of hydrogen-bond donors (Lipinski definition) is 1. The highest BCUT2D eigenvalue weighted by Crippen LogP contribution is 2.21. The molecule has 1 N–H and O–H groups in total. The van der Waals surface area contributed by atoms with Crippen LogP contribution in [-0.4, -0.2) is 17.1 Å². The van der Waals surface area contributed by atoms with E-state index in [9.17, 15) is 4.79 Å². The lowest BCUT2D eigenvalue weighted by Gasteiger charge is -2.05. The van der Waals surface area contributed by atoms with Gasteiger partial charge in [-0.2, -0.15) is 0 Å². The first-order valence-electron chi connectivity index (χ1n) is 7.37. The Morgan fingerprint density at radius 1 is 1.32 bits per heavy atom. The quantitative estimate of drug-likeness (QED) is 0.801. The monoisotopic (exact) mass is 334 g/mol. The molecule has 1 aromatic heterocycles. The van der Waals surface area contributed by atoms with Crippen LogP contribution < -0.4 is 5.32 Å². The van der Waals surface area contributed by atoms with E-state index in [1.165, 1.54) is 16.2 Å². The van der Waals surface area contributed by atoms with Crippen molar-refractivity contribution in [2.75, 3.05) is 6.26 Å². The number of benzene rings is 1. The third kappa shape index (κ3) is 4.58. The molecule has 0 atom stereocenters. The maximum atomic E-state index is 12.3. The Balaban J connectivity index is 1.98. The van der Waals surface area contributed by atoms with E-state index in [-0.39, 0.29) is 5.91 Å². The number of rotatable bonds is 6. The smallest absolute Gasteiger partial charge is 0.263 e. The first-order chi connectivity index (χ1) is 10.5. The van der Waals surface area contributed by atoms with Crippen molar-refractivity contribution in [3.8, 4) is 0 Å². The number of carbonyl (C=O) groups is 1. The Hall–Kier alpha value is -1.33. The molecule has 0 saturated heterocycles. The van der Waals surface area contributed by atoms with Crippen LogP contribution in [0.5, 0.6) is 0 Å². The highest BCUT2D eigenvalue weighted by Gasteiger charge is 2.15. The number of nitrogens with one attached hydrogen (secondary N) is 1. The van der Waals surface area contributed by atoms with Crippen LogP contribution in [0, 0.1) is 12.8 Å². The molecule has 22 heavy (non-hydrogen) atoms. The molecule has 3 nitrogen and oxygen atoms in total. The van der Waals surface area contributed by atoms with Gasteiger partial charge in [-0.05, 0) is 36.8 Å². The lowest BCUT2D eigenvalue weighted by molar-refractivity contribution is 0.0954. The SMILES string of the molecule is CSc1ccc(CNC(=O)c2sc(CC(C)C)nc2C)cc1. The summed E-state index contributed by atoms with van der Waals surface area (Å²) >= 11 is 3.22. The van der Waals surface area contributed by atoms with Crippen LogP contribution in [0.3, 0.4) is 0 Å². The molecule has 0 spiro atoms. The predicted octanol–water partition coefficient (Wildman–Crippen LogP) is 4.30. The zero-order chi connectivity index (χ0) is 16.1. The van der Waals surface area contributed by atoms with Crippen molar-refractivity contribution in [1.82, 2.24) is 10.3 Å². The van der Waals surface area contributed by atoms with Crippen molar-refractivity contribution in [1.29, 1.82) is 0 Å².